The topological polar surface area (TPSA) is 68.6 Å². The maximum atomic E-state index is 12.5. The highest BCUT2D eigenvalue weighted by atomic mass is 19.4. The molecule has 114 valence electrons. The zero-order valence-electron chi connectivity index (χ0n) is 11.3. The predicted octanol–water partition coefficient (Wildman–Crippen LogP) is 2.57. The van der Waals surface area contributed by atoms with E-state index >= 15 is 0 Å². The SMILES string of the molecule is CCOC(=O)Cc1c(C#N)ccc(OC)c1OC(F)(F)F. The Bertz CT molecular complexity index is 564. The lowest BCUT2D eigenvalue weighted by atomic mass is 10.0. The second-order valence-electron chi connectivity index (χ2n) is 3.76. The van der Waals surface area contributed by atoms with E-state index in [-0.39, 0.29) is 23.5 Å². The van der Waals surface area contributed by atoms with E-state index in [1.165, 1.54) is 6.07 Å². The first kappa shape index (κ1) is 16.6. The summed E-state index contributed by atoms with van der Waals surface area (Å²) in [5.41, 5.74) is -0.351. The minimum absolute atomic E-state index is 0.0696. The monoisotopic (exact) mass is 303 g/mol. The van der Waals surface area contributed by atoms with Gasteiger partial charge in [0.1, 0.15) is 0 Å². The minimum Gasteiger partial charge on any atom is -0.493 e. The highest BCUT2D eigenvalue weighted by Crippen LogP contribution is 2.37. The fraction of sp³-hybridized carbons (Fsp3) is 0.385. The Morgan fingerprint density at radius 3 is 2.52 bits per heavy atom. The Kier molecular flexibility index (Phi) is 5.41. The maximum absolute atomic E-state index is 12.5. The molecule has 1 aromatic rings. The summed E-state index contributed by atoms with van der Waals surface area (Å²) >= 11 is 0. The average molecular weight is 303 g/mol. The second kappa shape index (κ2) is 6.83. The molecule has 0 aliphatic rings. The number of hydrogen-bond donors (Lipinski definition) is 0. The number of rotatable bonds is 5. The molecule has 5 nitrogen and oxygen atoms in total. The van der Waals surface area contributed by atoms with Crippen molar-refractivity contribution in [1.82, 2.24) is 0 Å². The molecule has 0 amide bonds. The van der Waals surface area contributed by atoms with Crippen molar-refractivity contribution < 1.29 is 32.2 Å². The summed E-state index contributed by atoms with van der Waals surface area (Å²) in [4.78, 5) is 11.5. The Hall–Kier alpha value is -2.43. The molecular weight excluding hydrogens is 291 g/mol. The van der Waals surface area contributed by atoms with Gasteiger partial charge in [0.25, 0.3) is 0 Å². The van der Waals surface area contributed by atoms with Crippen molar-refractivity contribution in [2.45, 2.75) is 19.7 Å². The number of nitrogens with zero attached hydrogens (tertiary/aromatic N) is 1. The van der Waals surface area contributed by atoms with Crippen LogP contribution in [0.15, 0.2) is 12.1 Å². The third-order valence-corrected chi connectivity index (χ3v) is 2.41. The third kappa shape index (κ3) is 4.56. The van der Waals surface area contributed by atoms with Gasteiger partial charge in [0.05, 0.1) is 31.8 Å². The van der Waals surface area contributed by atoms with Crippen molar-refractivity contribution >= 4 is 5.97 Å². The van der Waals surface area contributed by atoms with Gasteiger partial charge in [0.2, 0.25) is 0 Å². The average Bonchev–Trinajstić information content (AvgIpc) is 2.39. The number of carbonyl (C=O) groups excluding carboxylic acids is 1. The Morgan fingerprint density at radius 1 is 1.38 bits per heavy atom. The van der Waals surface area contributed by atoms with Gasteiger partial charge in [-0.05, 0) is 19.1 Å². The molecular formula is C13H12F3NO4. The number of nitriles is 1. The summed E-state index contributed by atoms with van der Waals surface area (Å²) < 4.78 is 50.8. The Labute approximate surface area is 118 Å². The van der Waals surface area contributed by atoms with Crippen LogP contribution in [0, 0.1) is 11.3 Å². The van der Waals surface area contributed by atoms with Crippen molar-refractivity contribution in [1.29, 1.82) is 5.26 Å². The van der Waals surface area contributed by atoms with Crippen molar-refractivity contribution in [2.75, 3.05) is 13.7 Å². The molecule has 0 saturated heterocycles. The van der Waals surface area contributed by atoms with Crippen molar-refractivity contribution in [3.8, 4) is 17.6 Å². The fourth-order valence-corrected chi connectivity index (χ4v) is 1.63. The van der Waals surface area contributed by atoms with E-state index in [1.54, 1.807) is 13.0 Å². The maximum Gasteiger partial charge on any atom is 0.573 e. The van der Waals surface area contributed by atoms with Gasteiger partial charge in [-0.2, -0.15) is 5.26 Å². The van der Waals surface area contributed by atoms with Crippen molar-refractivity contribution in [2.24, 2.45) is 0 Å². The number of benzene rings is 1. The van der Waals surface area contributed by atoms with Crippen LogP contribution in [0.4, 0.5) is 13.2 Å². The molecule has 0 aliphatic carbocycles. The van der Waals surface area contributed by atoms with E-state index < -0.39 is 24.5 Å². The van der Waals surface area contributed by atoms with Gasteiger partial charge in [0, 0.05) is 5.56 Å². The van der Waals surface area contributed by atoms with E-state index in [1.807, 2.05) is 0 Å². The zero-order chi connectivity index (χ0) is 16.0. The molecule has 0 heterocycles. The number of methoxy groups -OCH3 is 1. The highest BCUT2D eigenvalue weighted by Gasteiger charge is 2.34. The largest absolute Gasteiger partial charge is 0.573 e. The van der Waals surface area contributed by atoms with Crippen LogP contribution in [-0.4, -0.2) is 26.0 Å². The van der Waals surface area contributed by atoms with Crippen LogP contribution in [0.1, 0.15) is 18.1 Å². The summed E-state index contributed by atoms with van der Waals surface area (Å²) in [5, 5.41) is 8.97. The number of ether oxygens (including phenoxy) is 3. The lowest BCUT2D eigenvalue weighted by Crippen LogP contribution is -2.20. The molecule has 8 heteroatoms. The lowest BCUT2D eigenvalue weighted by Gasteiger charge is -2.17. The van der Waals surface area contributed by atoms with Crippen LogP contribution in [0.25, 0.3) is 0 Å². The molecule has 0 unspecified atom stereocenters. The summed E-state index contributed by atoms with van der Waals surface area (Å²) in [6, 6.07) is 4.12. The van der Waals surface area contributed by atoms with Gasteiger partial charge >= 0.3 is 12.3 Å². The Balaban J connectivity index is 3.34. The first-order valence-electron chi connectivity index (χ1n) is 5.83. The van der Waals surface area contributed by atoms with E-state index in [0.29, 0.717) is 0 Å². The summed E-state index contributed by atoms with van der Waals surface area (Å²) in [6.45, 7) is 1.63. The molecule has 21 heavy (non-hydrogen) atoms. The molecule has 0 spiro atoms. The van der Waals surface area contributed by atoms with Crippen LogP contribution in [-0.2, 0) is 16.0 Å². The van der Waals surface area contributed by atoms with Gasteiger partial charge in [0.15, 0.2) is 11.5 Å². The standard InChI is InChI=1S/C13H12F3NO4/c1-3-20-11(18)6-9-8(7-17)4-5-10(19-2)12(9)21-13(14,15)16/h4-5H,3,6H2,1-2H3. The normalized spacial score (nSPS) is 10.7. The zero-order valence-corrected chi connectivity index (χ0v) is 11.3. The van der Waals surface area contributed by atoms with Gasteiger partial charge in [-0.15, -0.1) is 13.2 Å². The first-order chi connectivity index (χ1) is 9.82. The molecule has 1 rings (SSSR count). The van der Waals surface area contributed by atoms with Crippen LogP contribution in [0.3, 0.4) is 0 Å². The molecule has 0 N–H and O–H groups in total. The van der Waals surface area contributed by atoms with Gasteiger partial charge in [-0.1, -0.05) is 0 Å². The van der Waals surface area contributed by atoms with Gasteiger partial charge in [-0.3, -0.25) is 4.79 Å². The number of alkyl halides is 3. The third-order valence-electron chi connectivity index (χ3n) is 2.41. The smallest absolute Gasteiger partial charge is 0.493 e. The van der Waals surface area contributed by atoms with E-state index in [9.17, 15) is 18.0 Å². The van der Waals surface area contributed by atoms with Gasteiger partial charge < -0.3 is 14.2 Å². The molecule has 0 saturated carbocycles. The molecule has 0 aliphatic heterocycles. The van der Waals surface area contributed by atoms with E-state index in [0.717, 1.165) is 13.2 Å². The van der Waals surface area contributed by atoms with Crippen LogP contribution in [0.2, 0.25) is 0 Å². The van der Waals surface area contributed by atoms with Gasteiger partial charge in [-0.25, -0.2) is 0 Å². The van der Waals surface area contributed by atoms with Crippen LogP contribution < -0.4 is 9.47 Å². The first-order valence-corrected chi connectivity index (χ1v) is 5.83. The Morgan fingerprint density at radius 2 is 2.05 bits per heavy atom. The molecule has 0 radical (unpaired) electrons. The van der Waals surface area contributed by atoms with Crippen LogP contribution in [0.5, 0.6) is 11.5 Å². The van der Waals surface area contributed by atoms with Crippen LogP contribution >= 0.6 is 0 Å². The lowest BCUT2D eigenvalue weighted by molar-refractivity contribution is -0.275. The summed E-state index contributed by atoms with van der Waals surface area (Å²) in [6.07, 6.45) is -5.51. The fourth-order valence-electron chi connectivity index (χ4n) is 1.63. The number of esters is 1. The molecule has 0 bridgehead atoms. The summed E-state index contributed by atoms with van der Waals surface area (Å²) in [7, 11) is 1.15. The number of carbonyl (C=O) groups is 1. The molecule has 0 atom stereocenters. The highest BCUT2D eigenvalue weighted by molar-refractivity contribution is 5.75. The molecule has 0 aromatic heterocycles. The van der Waals surface area contributed by atoms with Crippen molar-refractivity contribution in [3.63, 3.8) is 0 Å². The molecule has 0 fully saturated rings. The van der Waals surface area contributed by atoms with E-state index in [2.05, 4.69) is 9.47 Å². The number of halogens is 3. The quantitative estimate of drug-likeness (QED) is 0.782. The number of hydrogen-bond acceptors (Lipinski definition) is 5. The van der Waals surface area contributed by atoms with Crippen molar-refractivity contribution in [3.05, 3.63) is 23.3 Å². The molecule has 1 aromatic carbocycles. The predicted molar refractivity (Wildman–Crippen MR) is 64.7 cm³/mol. The minimum atomic E-state index is -4.98. The summed E-state index contributed by atoms with van der Waals surface area (Å²) in [5.74, 6) is -1.71. The van der Waals surface area contributed by atoms with E-state index in [4.69, 9.17) is 10.00 Å². The second-order valence-corrected chi connectivity index (χ2v) is 3.76.